The number of ether oxygens (including phenoxy) is 1. The molecule has 8 heteroatoms. The molecule has 158 valence electrons. The lowest BCUT2D eigenvalue weighted by atomic mass is 10.0. The summed E-state index contributed by atoms with van der Waals surface area (Å²) in [5.74, 6) is 1.42. The van der Waals surface area contributed by atoms with E-state index in [2.05, 4.69) is 5.32 Å². The fourth-order valence-electron chi connectivity index (χ4n) is 3.69. The average Bonchev–Trinajstić information content (AvgIpc) is 2.89. The fraction of sp³-hybridized carbons (Fsp3) is 0.318. The Bertz CT molecular complexity index is 1060. The van der Waals surface area contributed by atoms with Gasteiger partial charge in [0, 0.05) is 17.7 Å². The van der Waals surface area contributed by atoms with Gasteiger partial charge in [-0.1, -0.05) is 23.7 Å². The summed E-state index contributed by atoms with van der Waals surface area (Å²) < 4.78 is 47.5. The van der Waals surface area contributed by atoms with E-state index in [0.29, 0.717) is 24.5 Å². The van der Waals surface area contributed by atoms with E-state index in [0.717, 1.165) is 48.6 Å². The average molecular weight is 436 g/mol. The summed E-state index contributed by atoms with van der Waals surface area (Å²) in [5.41, 5.74) is 1.57. The number of benzene rings is 2. The van der Waals surface area contributed by atoms with Gasteiger partial charge in [-0.3, -0.25) is 0 Å². The zero-order valence-electron chi connectivity index (χ0n) is 16.4. The van der Waals surface area contributed by atoms with Gasteiger partial charge in [-0.05, 0) is 56.5 Å². The number of nitrogens with one attached hydrogen (secondary N) is 1. The van der Waals surface area contributed by atoms with Gasteiger partial charge < -0.3 is 10.1 Å². The highest BCUT2D eigenvalue weighted by atomic mass is 35.5. The summed E-state index contributed by atoms with van der Waals surface area (Å²) in [7, 11) is 0. The quantitative estimate of drug-likeness (QED) is 0.518. The summed E-state index contributed by atoms with van der Waals surface area (Å²) in [6.45, 7) is 3.14. The van der Waals surface area contributed by atoms with E-state index >= 15 is 0 Å². The molecule has 0 saturated heterocycles. The molecule has 1 aromatic heterocycles. The van der Waals surface area contributed by atoms with Gasteiger partial charge in [0.1, 0.15) is 17.3 Å². The van der Waals surface area contributed by atoms with Crippen molar-refractivity contribution in [3.8, 4) is 22.7 Å². The maximum Gasteiger partial charge on any atom is 0.416 e. The van der Waals surface area contributed by atoms with Crippen molar-refractivity contribution in [2.24, 2.45) is 0 Å². The van der Waals surface area contributed by atoms with Gasteiger partial charge in [0.2, 0.25) is 0 Å². The maximum absolute atomic E-state index is 13.3. The van der Waals surface area contributed by atoms with Gasteiger partial charge in [-0.2, -0.15) is 18.3 Å². The molecule has 4 rings (SSSR count). The van der Waals surface area contributed by atoms with Crippen LogP contribution in [0.4, 0.5) is 19.0 Å². The molecule has 3 aromatic rings. The minimum atomic E-state index is -4.46. The monoisotopic (exact) mass is 435 g/mol. The zero-order valence-corrected chi connectivity index (χ0v) is 17.1. The lowest BCUT2D eigenvalue weighted by Gasteiger charge is -2.13. The molecule has 30 heavy (non-hydrogen) atoms. The van der Waals surface area contributed by atoms with Crippen molar-refractivity contribution in [3.63, 3.8) is 0 Å². The number of nitrogens with zero attached hydrogens (tertiary/aromatic N) is 2. The topological polar surface area (TPSA) is 39.1 Å². The Morgan fingerprint density at radius 2 is 1.97 bits per heavy atom. The Hall–Kier alpha value is -2.67. The highest BCUT2D eigenvalue weighted by Crippen LogP contribution is 2.41. The molecule has 0 aliphatic carbocycles. The van der Waals surface area contributed by atoms with Crippen molar-refractivity contribution in [1.82, 2.24) is 9.78 Å². The largest absolute Gasteiger partial charge is 0.492 e. The molecule has 4 nitrogen and oxygen atoms in total. The number of halogens is 4. The minimum absolute atomic E-state index is 0.234. The van der Waals surface area contributed by atoms with Gasteiger partial charge in [0.15, 0.2) is 0 Å². The van der Waals surface area contributed by atoms with Crippen LogP contribution in [0.3, 0.4) is 0 Å². The Labute approximate surface area is 177 Å². The van der Waals surface area contributed by atoms with E-state index in [1.807, 2.05) is 31.2 Å². The molecule has 0 bridgehead atoms. The molecule has 0 fully saturated rings. The number of alkyl halides is 3. The minimum Gasteiger partial charge on any atom is -0.492 e. The van der Waals surface area contributed by atoms with Crippen LogP contribution in [0.25, 0.3) is 16.9 Å². The second kappa shape index (κ2) is 8.22. The molecular formula is C22H21ClF3N3O. The predicted octanol–water partition coefficient (Wildman–Crippen LogP) is 6.36. The number of anilines is 1. The molecule has 0 radical (unpaired) electrons. The van der Waals surface area contributed by atoms with Crippen LogP contribution < -0.4 is 10.1 Å². The first-order chi connectivity index (χ1) is 14.4. The first-order valence-electron chi connectivity index (χ1n) is 9.85. The number of rotatable bonds is 4. The maximum atomic E-state index is 13.3. The van der Waals surface area contributed by atoms with E-state index in [9.17, 15) is 13.2 Å². The third-order valence-electron chi connectivity index (χ3n) is 5.07. The Kier molecular flexibility index (Phi) is 5.64. The van der Waals surface area contributed by atoms with E-state index in [1.165, 1.54) is 6.07 Å². The summed E-state index contributed by atoms with van der Waals surface area (Å²) >= 11 is 6.34. The van der Waals surface area contributed by atoms with Crippen LogP contribution in [0.15, 0.2) is 42.5 Å². The molecular weight excluding hydrogens is 415 g/mol. The fourth-order valence-corrected chi connectivity index (χ4v) is 3.89. The van der Waals surface area contributed by atoms with Crippen LogP contribution in [-0.2, 0) is 12.6 Å². The van der Waals surface area contributed by atoms with Gasteiger partial charge in [0.25, 0.3) is 0 Å². The molecule has 1 aliphatic heterocycles. The van der Waals surface area contributed by atoms with Crippen molar-refractivity contribution in [2.45, 2.75) is 32.4 Å². The number of hydrogen-bond acceptors (Lipinski definition) is 3. The number of aromatic nitrogens is 2. The summed E-state index contributed by atoms with van der Waals surface area (Å²) in [6, 6.07) is 10.8. The van der Waals surface area contributed by atoms with E-state index in [4.69, 9.17) is 21.4 Å². The van der Waals surface area contributed by atoms with Gasteiger partial charge in [0.05, 0.1) is 22.9 Å². The summed E-state index contributed by atoms with van der Waals surface area (Å²) in [4.78, 5) is 0. The van der Waals surface area contributed by atoms with Crippen LogP contribution in [0, 0.1) is 0 Å². The van der Waals surface area contributed by atoms with Crippen molar-refractivity contribution in [3.05, 3.63) is 58.6 Å². The first kappa shape index (κ1) is 20.6. The summed E-state index contributed by atoms with van der Waals surface area (Å²) in [5, 5.41) is 8.35. The molecule has 2 heterocycles. The molecule has 0 amide bonds. The van der Waals surface area contributed by atoms with Crippen LogP contribution in [-0.4, -0.2) is 22.9 Å². The van der Waals surface area contributed by atoms with E-state index in [1.54, 1.807) is 4.68 Å². The smallest absolute Gasteiger partial charge is 0.416 e. The third-order valence-corrected chi connectivity index (χ3v) is 5.40. The number of para-hydroxylation sites is 2. The predicted molar refractivity (Wildman–Crippen MR) is 112 cm³/mol. The molecule has 0 unspecified atom stereocenters. The van der Waals surface area contributed by atoms with Crippen molar-refractivity contribution >= 4 is 17.4 Å². The summed E-state index contributed by atoms with van der Waals surface area (Å²) in [6.07, 6.45) is -1.90. The zero-order chi connectivity index (χ0) is 21.3. The third kappa shape index (κ3) is 3.86. The number of hydrogen-bond donors (Lipinski definition) is 1. The normalized spacial score (nSPS) is 14.0. The SMILES string of the molecule is CCOc1ccccc1-n1nc(-c2cc(C(F)(F)F)ccc2Cl)c2c1NCCCC2. The molecule has 1 N–H and O–H groups in total. The molecule has 2 aromatic carbocycles. The Balaban J connectivity index is 1.94. The standard InChI is InChI=1S/C22H21ClF3N3O/c1-2-30-19-9-4-3-8-18(19)29-21-15(7-5-6-12-27-21)20(28-29)16-13-14(22(24,25)26)10-11-17(16)23/h3-4,8-11,13,27H,2,5-7,12H2,1H3. The van der Waals surface area contributed by atoms with E-state index in [-0.39, 0.29) is 10.6 Å². The van der Waals surface area contributed by atoms with Crippen LogP contribution in [0.1, 0.15) is 30.9 Å². The second-order valence-corrected chi connectivity index (χ2v) is 7.47. The molecule has 1 aliphatic rings. The van der Waals surface area contributed by atoms with Gasteiger partial charge in [-0.25, -0.2) is 4.68 Å². The highest BCUT2D eigenvalue weighted by Gasteiger charge is 2.32. The van der Waals surface area contributed by atoms with E-state index < -0.39 is 11.7 Å². The molecule has 0 saturated carbocycles. The van der Waals surface area contributed by atoms with Crippen LogP contribution >= 0.6 is 11.6 Å². The Morgan fingerprint density at radius 3 is 2.73 bits per heavy atom. The van der Waals surface area contributed by atoms with Crippen LogP contribution in [0.5, 0.6) is 5.75 Å². The second-order valence-electron chi connectivity index (χ2n) is 7.06. The lowest BCUT2D eigenvalue weighted by Crippen LogP contribution is -2.08. The number of fused-ring (bicyclic) bond motifs is 1. The van der Waals surface area contributed by atoms with Crippen LogP contribution in [0.2, 0.25) is 5.02 Å². The van der Waals surface area contributed by atoms with Crippen molar-refractivity contribution in [2.75, 3.05) is 18.5 Å². The van der Waals surface area contributed by atoms with Gasteiger partial charge >= 0.3 is 6.18 Å². The Morgan fingerprint density at radius 1 is 1.17 bits per heavy atom. The molecule has 0 atom stereocenters. The highest BCUT2D eigenvalue weighted by molar-refractivity contribution is 6.33. The lowest BCUT2D eigenvalue weighted by molar-refractivity contribution is -0.137. The van der Waals surface area contributed by atoms with Gasteiger partial charge in [-0.15, -0.1) is 0 Å². The first-order valence-corrected chi connectivity index (χ1v) is 10.2. The van der Waals surface area contributed by atoms with Crippen molar-refractivity contribution < 1.29 is 17.9 Å². The molecule has 0 spiro atoms. The van der Waals surface area contributed by atoms with Crippen molar-refractivity contribution in [1.29, 1.82) is 0 Å².